The molecule has 1 fully saturated rings. The van der Waals surface area contributed by atoms with E-state index in [2.05, 4.69) is 5.16 Å². The maximum absolute atomic E-state index is 12.0. The monoisotopic (exact) mass is 259 g/mol. The Kier molecular flexibility index (Phi) is 6.18. The lowest BCUT2D eigenvalue weighted by atomic mass is 9.98. The van der Waals surface area contributed by atoms with Gasteiger partial charge in [-0.25, -0.2) is 0 Å². The van der Waals surface area contributed by atoms with Crippen LogP contribution in [0, 0.1) is 5.92 Å². The van der Waals surface area contributed by atoms with E-state index in [1.807, 2.05) is 18.7 Å². The smallest absolute Gasteiger partial charge is 0.223 e. The first-order valence-electron chi connectivity index (χ1n) is 5.99. The first-order chi connectivity index (χ1) is 8.17. The maximum atomic E-state index is 12.0. The third-order valence-corrected chi connectivity index (χ3v) is 4.07. The molecule has 0 radical (unpaired) electrons. The number of hydrogen-bond acceptors (Lipinski definition) is 4. The summed E-state index contributed by atoms with van der Waals surface area (Å²) in [7, 11) is 0. The van der Waals surface area contributed by atoms with E-state index in [-0.39, 0.29) is 18.3 Å². The fourth-order valence-corrected chi connectivity index (χ4v) is 3.13. The molecule has 0 atom stereocenters. The summed E-state index contributed by atoms with van der Waals surface area (Å²) < 4.78 is 0. The van der Waals surface area contributed by atoms with Crippen LogP contribution < -0.4 is 5.73 Å². The normalized spacial score (nSPS) is 18.1. The predicted molar refractivity (Wildman–Crippen MR) is 70.3 cm³/mol. The molecule has 1 saturated heterocycles. The third-order valence-electron chi connectivity index (χ3n) is 3.02. The number of likely N-dealkylation sites (N-methyl/N-ethyl adjacent to an activating group) is 1. The number of rotatable bonds is 5. The quantitative estimate of drug-likeness (QED) is 0.335. The van der Waals surface area contributed by atoms with Crippen LogP contribution in [0.5, 0.6) is 0 Å². The zero-order valence-electron chi connectivity index (χ0n) is 10.3. The number of thioether (sulfide) groups is 1. The first kappa shape index (κ1) is 14.2. The maximum Gasteiger partial charge on any atom is 0.223 e. The summed E-state index contributed by atoms with van der Waals surface area (Å²) in [6.45, 7) is 2.71. The SMILES string of the molecule is CCN(CC(N)=NO)C(=O)CC1CCSCC1. The van der Waals surface area contributed by atoms with Crippen molar-refractivity contribution in [2.45, 2.75) is 26.2 Å². The molecule has 1 aliphatic heterocycles. The zero-order chi connectivity index (χ0) is 12.7. The van der Waals surface area contributed by atoms with Crippen LogP contribution in [0.3, 0.4) is 0 Å². The molecule has 1 aliphatic rings. The number of hydrogen-bond donors (Lipinski definition) is 2. The van der Waals surface area contributed by atoms with E-state index in [1.165, 1.54) is 0 Å². The molecule has 0 spiro atoms. The van der Waals surface area contributed by atoms with Crippen LogP contribution in [0.1, 0.15) is 26.2 Å². The van der Waals surface area contributed by atoms with Crippen molar-refractivity contribution in [1.82, 2.24) is 4.90 Å². The molecule has 1 amide bonds. The molecule has 0 aromatic heterocycles. The largest absolute Gasteiger partial charge is 0.409 e. The number of amidine groups is 1. The lowest BCUT2D eigenvalue weighted by Gasteiger charge is -2.25. The topological polar surface area (TPSA) is 78.9 Å². The Balaban J connectivity index is 2.42. The van der Waals surface area contributed by atoms with Gasteiger partial charge < -0.3 is 15.8 Å². The average molecular weight is 259 g/mol. The van der Waals surface area contributed by atoms with E-state index in [0.717, 1.165) is 24.3 Å². The second-order valence-electron chi connectivity index (χ2n) is 4.26. The molecule has 1 heterocycles. The molecule has 0 aromatic rings. The molecule has 0 unspecified atom stereocenters. The van der Waals surface area contributed by atoms with Crippen molar-refractivity contribution in [2.24, 2.45) is 16.8 Å². The molecule has 1 rings (SSSR count). The van der Waals surface area contributed by atoms with Gasteiger partial charge in [-0.05, 0) is 37.2 Å². The Morgan fingerprint density at radius 2 is 2.18 bits per heavy atom. The molecule has 3 N–H and O–H groups in total. The molecule has 6 heteroatoms. The van der Waals surface area contributed by atoms with Crippen LogP contribution in [-0.2, 0) is 4.79 Å². The van der Waals surface area contributed by atoms with Crippen LogP contribution >= 0.6 is 11.8 Å². The van der Waals surface area contributed by atoms with Crippen LogP contribution in [0.25, 0.3) is 0 Å². The summed E-state index contributed by atoms with van der Waals surface area (Å²) in [5, 5.41) is 11.4. The standard InChI is InChI=1S/C11H21N3O2S/c1-2-14(8-10(12)13-16)11(15)7-9-3-5-17-6-4-9/h9,16H,2-8H2,1H3,(H2,12,13). The summed E-state index contributed by atoms with van der Waals surface area (Å²) in [5.74, 6) is 3.01. The van der Waals surface area contributed by atoms with Gasteiger partial charge in [0.2, 0.25) is 5.91 Å². The second-order valence-corrected chi connectivity index (χ2v) is 5.48. The van der Waals surface area contributed by atoms with Crippen molar-refractivity contribution >= 4 is 23.5 Å². The minimum Gasteiger partial charge on any atom is -0.409 e. The summed E-state index contributed by atoms with van der Waals surface area (Å²) in [6.07, 6.45) is 2.84. The first-order valence-corrected chi connectivity index (χ1v) is 7.14. The number of carbonyl (C=O) groups is 1. The molecular formula is C11H21N3O2S. The van der Waals surface area contributed by atoms with Gasteiger partial charge in [-0.2, -0.15) is 11.8 Å². The van der Waals surface area contributed by atoms with Gasteiger partial charge in [0.25, 0.3) is 0 Å². The molecular weight excluding hydrogens is 238 g/mol. The van der Waals surface area contributed by atoms with Crippen molar-refractivity contribution < 1.29 is 10.0 Å². The van der Waals surface area contributed by atoms with E-state index < -0.39 is 0 Å². The number of carbonyl (C=O) groups excluding carboxylic acids is 1. The summed E-state index contributed by atoms with van der Waals surface area (Å²) in [5.41, 5.74) is 5.42. The lowest BCUT2D eigenvalue weighted by Crippen LogP contribution is -2.39. The minimum absolute atomic E-state index is 0.0828. The van der Waals surface area contributed by atoms with Gasteiger partial charge in [0, 0.05) is 13.0 Å². The summed E-state index contributed by atoms with van der Waals surface area (Å²) in [4.78, 5) is 13.7. The van der Waals surface area contributed by atoms with Crippen molar-refractivity contribution in [3.63, 3.8) is 0 Å². The molecule has 0 bridgehead atoms. The minimum atomic E-state index is 0.0828. The van der Waals surface area contributed by atoms with Gasteiger partial charge in [0.05, 0.1) is 6.54 Å². The van der Waals surface area contributed by atoms with Crippen LogP contribution in [0.2, 0.25) is 0 Å². The van der Waals surface area contributed by atoms with Crippen LogP contribution in [-0.4, -0.2) is 46.4 Å². The second kappa shape index (κ2) is 7.42. The van der Waals surface area contributed by atoms with Crippen LogP contribution in [0.4, 0.5) is 0 Å². The highest BCUT2D eigenvalue weighted by Crippen LogP contribution is 2.25. The Labute approximate surface area is 106 Å². The van der Waals surface area contributed by atoms with Crippen LogP contribution in [0.15, 0.2) is 5.16 Å². The number of amides is 1. The van der Waals surface area contributed by atoms with Gasteiger partial charge in [0.15, 0.2) is 5.84 Å². The highest BCUT2D eigenvalue weighted by Gasteiger charge is 2.20. The van der Waals surface area contributed by atoms with Gasteiger partial charge >= 0.3 is 0 Å². The number of oxime groups is 1. The number of nitrogens with two attached hydrogens (primary N) is 1. The Morgan fingerprint density at radius 3 is 2.71 bits per heavy atom. The van der Waals surface area contributed by atoms with E-state index in [9.17, 15) is 4.79 Å². The highest BCUT2D eigenvalue weighted by atomic mass is 32.2. The van der Waals surface area contributed by atoms with Crippen molar-refractivity contribution in [3.05, 3.63) is 0 Å². The Morgan fingerprint density at radius 1 is 1.53 bits per heavy atom. The van der Waals surface area contributed by atoms with Gasteiger partial charge in [0.1, 0.15) is 0 Å². The predicted octanol–water partition coefficient (Wildman–Crippen LogP) is 1.11. The fraction of sp³-hybridized carbons (Fsp3) is 0.818. The Hall–Kier alpha value is -0.910. The van der Waals surface area contributed by atoms with E-state index in [1.54, 1.807) is 4.90 Å². The lowest BCUT2D eigenvalue weighted by molar-refractivity contribution is -0.131. The number of nitrogens with zero attached hydrogens (tertiary/aromatic N) is 2. The molecule has 0 aromatic carbocycles. The Bertz CT molecular complexity index is 278. The van der Waals surface area contributed by atoms with E-state index in [0.29, 0.717) is 18.9 Å². The van der Waals surface area contributed by atoms with Gasteiger partial charge in [-0.1, -0.05) is 5.16 Å². The summed E-state index contributed by atoms with van der Waals surface area (Å²) >= 11 is 1.96. The van der Waals surface area contributed by atoms with Gasteiger partial charge in [-0.15, -0.1) is 0 Å². The third kappa shape index (κ3) is 4.85. The van der Waals surface area contributed by atoms with Crippen molar-refractivity contribution in [2.75, 3.05) is 24.6 Å². The van der Waals surface area contributed by atoms with Crippen molar-refractivity contribution in [3.8, 4) is 0 Å². The molecule has 5 nitrogen and oxygen atoms in total. The summed E-state index contributed by atoms with van der Waals surface area (Å²) in [6, 6.07) is 0. The molecule has 0 aliphatic carbocycles. The van der Waals surface area contributed by atoms with E-state index in [4.69, 9.17) is 10.9 Å². The average Bonchev–Trinajstić information content (AvgIpc) is 2.36. The molecule has 0 saturated carbocycles. The molecule has 98 valence electrons. The molecule has 17 heavy (non-hydrogen) atoms. The van der Waals surface area contributed by atoms with Crippen molar-refractivity contribution in [1.29, 1.82) is 0 Å². The highest BCUT2D eigenvalue weighted by molar-refractivity contribution is 7.99. The van der Waals surface area contributed by atoms with Gasteiger partial charge in [-0.3, -0.25) is 4.79 Å². The van der Waals surface area contributed by atoms with E-state index >= 15 is 0 Å². The zero-order valence-corrected chi connectivity index (χ0v) is 11.1. The fourth-order valence-electron chi connectivity index (χ4n) is 1.93.